The minimum absolute atomic E-state index is 0.188. The molecule has 18 heavy (non-hydrogen) atoms. The van der Waals surface area contributed by atoms with Gasteiger partial charge < -0.3 is 4.74 Å². The Morgan fingerprint density at radius 3 is 2.33 bits per heavy atom. The normalized spacial score (nSPS) is 14.3. The number of benzene rings is 1. The molecular formula is C14H20BrNO2. The summed E-state index contributed by atoms with van der Waals surface area (Å²) >= 11 is 3.40. The average Bonchev–Trinajstić information content (AvgIpc) is 2.35. The van der Waals surface area contributed by atoms with Gasteiger partial charge in [-0.25, -0.2) is 4.79 Å². The van der Waals surface area contributed by atoms with Crippen molar-refractivity contribution >= 4 is 21.9 Å². The molecule has 1 N–H and O–H groups in total. The monoisotopic (exact) mass is 313 g/mol. The van der Waals surface area contributed by atoms with Crippen LogP contribution in [0.4, 0.5) is 0 Å². The van der Waals surface area contributed by atoms with E-state index in [0.29, 0.717) is 6.42 Å². The van der Waals surface area contributed by atoms with E-state index in [1.807, 2.05) is 45.0 Å². The number of hydrogen-bond acceptors (Lipinski definition) is 3. The molecule has 1 aromatic carbocycles. The maximum atomic E-state index is 12.2. The number of halogens is 1. The molecular weight excluding hydrogens is 294 g/mol. The number of hydrogen-bond donors (Lipinski definition) is 1. The summed E-state index contributed by atoms with van der Waals surface area (Å²) in [5.41, 5.74) is 0.151. The first-order chi connectivity index (χ1) is 8.46. The van der Waals surface area contributed by atoms with Crippen molar-refractivity contribution in [3.05, 3.63) is 34.3 Å². The van der Waals surface area contributed by atoms with Crippen LogP contribution in [0.25, 0.3) is 0 Å². The lowest BCUT2D eigenvalue weighted by Gasteiger charge is -2.33. The molecule has 0 heterocycles. The number of rotatable bonds is 5. The van der Waals surface area contributed by atoms with E-state index in [1.54, 1.807) is 0 Å². The summed E-state index contributed by atoms with van der Waals surface area (Å²) in [6, 6.07) is 7.95. The molecule has 4 heteroatoms. The lowest BCUT2D eigenvalue weighted by molar-refractivity contribution is -0.149. The van der Waals surface area contributed by atoms with E-state index in [1.165, 1.54) is 7.11 Å². The zero-order valence-corrected chi connectivity index (χ0v) is 12.9. The van der Waals surface area contributed by atoms with Gasteiger partial charge in [0.15, 0.2) is 0 Å². The smallest absolute Gasteiger partial charge is 0.330 e. The number of methoxy groups -OCH3 is 1. The minimum Gasteiger partial charge on any atom is -0.467 e. The molecule has 1 unspecified atom stereocenters. The third-order valence-corrected chi connectivity index (χ3v) is 3.46. The van der Waals surface area contributed by atoms with E-state index in [9.17, 15) is 4.79 Å². The maximum absolute atomic E-state index is 12.2. The van der Waals surface area contributed by atoms with E-state index in [2.05, 4.69) is 21.2 Å². The highest BCUT2D eigenvalue weighted by molar-refractivity contribution is 9.10. The Hall–Kier alpha value is -0.870. The topological polar surface area (TPSA) is 38.3 Å². The Morgan fingerprint density at radius 2 is 1.94 bits per heavy atom. The Balaban J connectivity index is 3.24. The molecule has 0 aliphatic carbocycles. The van der Waals surface area contributed by atoms with Crippen molar-refractivity contribution in [3.8, 4) is 0 Å². The van der Waals surface area contributed by atoms with Crippen LogP contribution >= 0.6 is 15.9 Å². The van der Waals surface area contributed by atoms with Gasteiger partial charge in [0.05, 0.1) is 7.11 Å². The van der Waals surface area contributed by atoms with Crippen LogP contribution in [0.5, 0.6) is 0 Å². The molecule has 0 saturated heterocycles. The molecule has 0 saturated carbocycles. The quantitative estimate of drug-likeness (QED) is 0.848. The van der Waals surface area contributed by atoms with Crippen molar-refractivity contribution < 1.29 is 9.53 Å². The van der Waals surface area contributed by atoms with Crippen molar-refractivity contribution in [3.63, 3.8) is 0 Å². The zero-order chi connectivity index (χ0) is 13.8. The van der Waals surface area contributed by atoms with Crippen LogP contribution in [-0.4, -0.2) is 19.1 Å². The largest absolute Gasteiger partial charge is 0.467 e. The third kappa shape index (κ3) is 3.12. The SMILES string of the molecule is CCC(NC(C)C)(C(=O)OC)c1ccc(Br)cc1. The Labute approximate surface area is 117 Å². The van der Waals surface area contributed by atoms with E-state index in [-0.39, 0.29) is 12.0 Å². The molecule has 3 nitrogen and oxygen atoms in total. The second kappa shape index (κ2) is 6.34. The highest BCUT2D eigenvalue weighted by Crippen LogP contribution is 2.28. The van der Waals surface area contributed by atoms with Gasteiger partial charge in [0.1, 0.15) is 5.54 Å². The molecule has 100 valence electrons. The first kappa shape index (κ1) is 15.2. The Morgan fingerprint density at radius 1 is 1.39 bits per heavy atom. The van der Waals surface area contributed by atoms with Gasteiger partial charge in [-0.1, -0.05) is 35.0 Å². The second-order valence-corrected chi connectivity index (χ2v) is 5.47. The number of carbonyl (C=O) groups excluding carboxylic acids is 1. The average molecular weight is 314 g/mol. The molecule has 0 spiro atoms. The lowest BCUT2D eigenvalue weighted by Crippen LogP contribution is -2.52. The van der Waals surface area contributed by atoms with Crippen molar-refractivity contribution in [1.29, 1.82) is 0 Å². The summed E-state index contributed by atoms with van der Waals surface area (Å²) in [6.07, 6.45) is 0.638. The van der Waals surface area contributed by atoms with Gasteiger partial charge in [0.2, 0.25) is 0 Å². The Kier molecular flexibility index (Phi) is 5.35. The molecule has 1 rings (SSSR count). The van der Waals surface area contributed by atoms with Gasteiger partial charge in [-0.3, -0.25) is 5.32 Å². The fraction of sp³-hybridized carbons (Fsp3) is 0.500. The van der Waals surface area contributed by atoms with E-state index in [0.717, 1.165) is 10.0 Å². The zero-order valence-electron chi connectivity index (χ0n) is 11.3. The number of esters is 1. The molecule has 0 aromatic heterocycles. The van der Waals surface area contributed by atoms with Crippen LogP contribution in [-0.2, 0) is 15.1 Å². The molecule has 0 aliphatic heterocycles. The minimum atomic E-state index is -0.774. The van der Waals surface area contributed by atoms with Gasteiger partial charge in [-0.05, 0) is 38.0 Å². The van der Waals surface area contributed by atoms with Gasteiger partial charge in [-0.2, -0.15) is 0 Å². The first-order valence-electron chi connectivity index (χ1n) is 6.08. The summed E-state index contributed by atoms with van der Waals surface area (Å²) in [5, 5.41) is 3.34. The number of ether oxygens (including phenoxy) is 1. The van der Waals surface area contributed by atoms with E-state index in [4.69, 9.17) is 4.74 Å². The molecule has 0 radical (unpaired) electrons. The molecule has 1 aromatic rings. The van der Waals surface area contributed by atoms with Crippen molar-refractivity contribution in [2.24, 2.45) is 0 Å². The molecule has 1 atom stereocenters. The first-order valence-corrected chi connectivity index (χ1v) is 6.87. The van der Waals surface area contributed by atoms with Crippen molar-refractivity contribution in [2.45, 2.75) is 38.8 Å². The van der Waals surface area contributed by atoms with Gasteiger partial charge in [0, 0.05) is 10.5 Å². The molecule has 0 amide bonds. The summed E-state index contributed by atoms with van der Waals surface area (Å²) < 4.78 is 5.97. The highest BCUT2D eigenvalue weighted by Gasteiger charge is 2.39. The van der Waals surface area contributed by atoms with Crippen molar-refractivity contribution in [2.75, 3.05) is 7.11 Å². The maximum Gasteiger partial charge on any atom is 0.330 e. The highest BCUT2D eigenvalue weighted by atomic mass is 79.9. The summed E-state index contributed by atoms with van der Waals surface area (Å²) in [4.78, 5) is 12.2. The predicted octanol–water partition coefficient (Wildman–Crippen LogP) is 3.23. The van der Waals surface area contributed by atoms with Gasteiger partial charge in [0.25, 0.3) is 0 Å². The number of nitrogens with one attached hydrogen (secondary N) is 1. The van der Waals surface area contributed by atoms with Crippen LogP contribution in [0.15, 0.2) is 28.7 Å². The van der Waals surface area contributed by atoms with Crippen LogP contribution in [0.1, 0.15) is 32.8 Å². The summed E-state index contributed by atoms with van der Waals surface area (Å²) in [5.74, 6) is -0.249. The summed E-state index contributed by atoms with van der Waals surface area (Å²) in [6.45, 7) is 6.02. The Bertz CT molecular complexity index is 403. The third-order valence-electron chi connectivity index (χ3n) is 2.94. The van der Waals surface area contributed by atoms with E-state index < -0.39 is 5.54 Å². The van der Waals surface area contributed by atoms with Crippen LogP contribution in [0.2, 0.25) is 0 Å². The molecule has 0 aliphatic rings. The van der Waals surface area contributed by atoms with Crippen LogP contribution in [0.3, 0.4) is 0 Å². The molecule has 0 bridgehead atoms. The fourth-order valence-corrected chi connectivity index (χ4v) is 2.38. The van der Waals surface area contributed by atoms with E-state index >= 15 is 0 Å². The van der Waals surface area contributed by atoms with Crippen molar-refractivity contribution in [1.82, 2.24) is 5.32 Å². The van der Waals surface area contributed by atoms with Crippen LogP contribution < -0.4 is 5.32 Å². The van der Waals surface area contributed by atoms with Crippen LogP contribution in [0, 0.1) is 0 Å². The second-order valence-electron chi connectivity index (χ2n) is 4.56. The predicted molar refractivity (Wildman–Crippen MR) is 76.4 cm³/mol. The standard InChI is InChI=1S/C14H20BrNO2/c1-5-14(13(17)18-4,16-10(2)3)11-6-8-12(15)9-7-11/h6-10,16H,5H2,1-4H3. The number of carbonyl (C=O) groups is 1. The summed E-state index contributed by atoms with van der Waals surface area (Å²) in [7, 11) is 1.42. The molecule has 0 fully saturated rings. The van der Waals surface area contributed by atoms with Gasteiger partial charge in [-0.15, -0.1) is 0 Å². The fourth-order valence-electron chi connectivity index (χ4n) is 2.11. The lowest BCUT2D eigenvalue weighted by atomic mass is 9.86. The van der Waals surface area contributed by atoms with Gasteiger partial charge >= 0.3 is 5.97 Å².